The third-order valence-corrected chi connectivity index (χ3v) is 5.94. The van der Waals surface area contributed by atoms with E-state index >= 15 is 0 Å². The molecule has 3 aromatic rings. The number of likely N-dealkylation sites (N-methyl/N-ethyl adjacent to an activating group) is 1. The molecule has 5 rings (SSSR count). The summed E-state index contributed by atoms with van der Waals surface area (Å²) in [4.78, 5) is 14.4. The normalized spacial score (nSPS) is 19.7. The molecule has 1 saturated heterocycles. The Kier molecular flexibility index (Phi) is 4.50. The lowest BCUT2D eigenvalue weighted by atomic mass is 10.1. The molecule has 8 heteroatoms. The van der Waals surface area contributed by atoms with E-state index in [2.05, 4.69) is 27.5 Å². The SMILES string of the molecule is CN1CCC[C@@H]1COc1cnn(C)c1-c1ccn2nc(NC(=O)C3CC3)cc2c1. The Morgan fingerprint density at radius 2 is 2.14 bits per heavy atom. The lowest BCUT2D eigenvalue weighted by Gasteiger charge is -2.19. The second-order valence-electron chi connectivity index (χ2n) is 8.15. The number of hydrogen-bond acceptors (Lipinski definition) is 5. The predicted molar refractivity (Wildman–Crippen MR) is 110 cm³/mol. The Balaban J connectivity index is 1.38. The number of rotatable bonds is 6. The number of carbonyl (C=O) groups excluding carboxylic acids is 1. The van der Waals surface area contributed by atoms with Crippen molar-refractivity contribution in [3.05, 3.63) is 30.6 Å². The van der Waals surface area contributed by atoms with Crippen LogP contribution in [0.5, 0.6) is 5.75 Å². The highest BCUT2D eigenvalue weighted by atomic mass is 16.5. The van der Waals surface area contributed by atoms with Crippen molar-refractivity contribution >= 4 is 17.2 Å². The predicted octanol–water partition coefficient (Wildman–Crippen LogP) is 2.56. The van der Waals surface area contributed by atoms with Crippen molar-refractivity contribution in [1.29, 1.82) is 0 Å². The molecule has 2 fully saturated rings. The van der Waals surface area contributed by atoms with E-state index in [1.165, 1.54) is 12.8 Å². The van der Waals surface area contributed by atoms with E-state index in [0.29, 0.717) is 18.5 Å². The standard InChI is InChI=1S/C21H26N6O2/c1-25-8-3-4-16(25)13-29-18-12-22-26(2)20(18)15-7-9-27-17(10-15)11-19(24-27)23-21(28)14-5-6-14/h7,9-12,14,16H,3-6,8,13H2,1-2H3,(H,23,24,28)/t16-/m1/s1. The molecule has 3 aromatic heterocycles. The van der Waals surface area contributed by atoms with Gasteiger partial charge in [-0.25, -0.2) is 4.52 Å². The van der Waals surface area contributed by atoms with Gasteiger partial charge in [-0.1, -0.05) is 0 Å². The summed E-state index contributed by atoms with van der Waals surface area (Å²) in [7, 11) is 4.07. The highest BCUT2D eigenvalue weighted by molar-refractivity contribution is 5.93. The summed E-state index contributed by atoms with van der Waals surface area (Å²) in [6.45, 7) is 1.80. The number of amides is 1. The summed E-state index contributed by atoms with van der Waals surface area (Å²) >= 11 is 0. The first-order chi connectivity index (χ1) is 14.1. The molecule has 29 heavy (non-hydrogen) atoms. The second-order valence-corrected chi connectivity index (χ2v) is 8.15. The molecule has 0 unspecified atom stereocenters. The average molecular weight is 394 g/mol. The van der Waals surface area contributed by atoms with Crippen LogP contribution in [0.4, 0.5) is 5.82 Å². The molecule has 1 aliphatic heterocycles. The summed E-state index contributed by atoms with van der Waals surface area (Å²) in [5.41, 5.74) is 2.86. The maximum atomic E-state index is 12.0. The Hall–Kier alpha value is -2.87. The number of pyridine rings is 1. The molecular weight excluding hydrogens is 368 g/mol. The maximum absolute atomic E-state index is 12.0. The number of carbonyl (C=O) groups is 1. The summed E-state index contributed by atoms with van der Waals surface area (Å²) in [5.74, 6) is 1.60. The van der Waals surface area contributed by atoms with E-state index in [4.69, 9.17) is 4.74 Å². The zero-order chi connectivity index (χ0) is 20.0. The van der Waals surface area contributed by atoms with Crippen LogP contribution in [0.1, 0.15) is 25.7 Å². The molecule has 8 nitrogen and oxygen atoms in total. The summed E-state index contributed by atoms with van der Waals surface area (Å²) < 4.78 is 9.78. The first kappa shape index (κ1) is 18.2. The minimum atomic E-state index is 0.0628. The van der Waals surface area contributed by atoms with Crippen molar-refractivity contribution in [2.24, 2.45) is 13.0 Å². The molecule has 0 radical (unpaired) electrons. The lowest BCUT2D eigenvalue weighted by molar-refractivity contribution is -0.117. The van der Waals surface area contributed by atoms with Gasteiger partial charge in [0.15, 0.2) is 11.6 Å². The van der Waals surface area contributed by atoms with Gasteiger partial charge in [-0.05, 0) is 51.4 Å². The first-order valence-corrected chi connectivity index (χ1v) is 10.2. The minimum Gasteiger partial charge on any atom is -0.488 e. The van der Waals surface area contributed by atoms with E-state index in [1.54, 1.807) is 10.7 Å². The molecule has 0 aromatic carbocycles. The minimum absolute atomic E-state index is 0.0628. The van der Waals surface area contributed by atoms with E-state index in [-0.39, 0.29) is 11.8 Å². The van der Waals surface area contributed by atoms with Gasteiger partial charge in [-0.2, -0.15) is 10.2 Å². The van der Waals surface area contributed by atoms with Crippen molar-refractivity contribution < 1.29 is 9.53 Å². The molecule has 1 atom stereocenters. The number of ether oxygens (including phenoxy) is 1. The fourth-order valence-electron chi connectivity index (χ4n) is 4.00. The quantitative estimate of drug-likeness (QED) is 0.695. The molecule has 152 valence electrons. The van der Waals surface area contributed by atoms with Crippen molar-refractivity contribution in [3.63, 3.8) is 0 Å². The smallest absolute Gasteiger partial charge is 0.228 e. The number of likely N-dealkylation sites (tertiary alicyclic amines) is 1. The molecule has 0 spiro atoms. The van der Waals surface area contributed by atoms with Crippen LogP contribution in [0, 0.1) is 5.92 Å². The van der Waals surface area contributed by atoms with Gasteiger partial charge in [0.2, 0.25) is 5.91 Å². The highest BCUT2D eigenvalue weighted by Crippen LogP contribution is 2.32. The molecule has 2 aliphatic rings. The summed E-state index contributed by atoms with van der Waals surface area (Å²) in [5, 5.41) is 11.8. The van der Waals surface area contributed by atoms with Crippen molar-refractivity contribution in [3.8, 4) is 17.0 Å². The van der Waals surface area contributed by atoms with Gasteiger partial charge < -0.3 is 15.0 Å². The topological polar surface area (TPSA) is 76.7 Å². The number of aromatic nitrogens is 4. The maximum Gasteiger partial charge on any atom is 0.228 e. The summed E-state index contributed by atoms with van der Waals surface area (Å²) in [6.07, 6.45) is 8.03. The molecular formula is C21H26N6O2. The van der Waals surface area contributed by atoms with E-state index < -0.39 is 0 Å². The van der Waals surface area contributed by atoms with Gasteiger partial charge in [0, 0.05) is 36.8 Å². The average Bonchev–Trinajstić information content (AvgIpc) is 3.21. The third-order valence-electron chi connectivity index (χ3n) is 5.94. The Morgan fingerprint density at radius 1 is 1.28 bits per heavy atom. The van der Waals surface area contributed by atoms with Crippen LogP contribution in [0.15, 0.2) is 30.6 Å². The van der Waals surface area contributed by atoms with Crippen LogP contribution in [0.2, 0.25) is 0 Å². The third kappa shape index (κ3) is 3.60. The molecule has 4 heterocycles. The number of fused-ring (bicyclic) bond motifs is 1. The number of nitrogens with one attached hydrogen (secondary N) is 1. The Morgan fingerprint density at radius 3 is 2.90 bits per heavy atom. The van der Waals surface area contributed by atoms with Gasteiger partial charge in [0.1, 0.15) is 12.3 Å². The zero-order valence-electron chi connectivity index (χ0n) is 16.8. The van der Waals surface area contributed by atoms with Gasteiger partial charge in [0.25, 0.3) is 0 Å². The van der Waals surface area contributed by atoms with E-state index in [9.17, 15) is 4.79 Å². The number of hydrogen-bond donors (Lipinski definition) is 1. The van der Waals surface area contributed by atoms with Crippen LogP contribution in [-0.2, 0) is 11.8 Å². The highest BCUT2D eigenvalue weighted by Gasteiger charge is 2.30. The van der Waals surface area contributed by atoms with Crippen LogP contribution < -0.4 is 10.1 Å². The van der Waals surface area contributed by atoms with Crippen LogP contribution in [0.25, 0.3) is 16.8 Å². The first-order valence-electron chi connectivity index (χ1n) is 10.2. The monoisotopic (exact) mass is 394 g/mol. The molecule has 1 aliphatic carbocycles. The number of aryl methyl sites for hydroxylation is 1. The second kappa shape index (κ2) is 7.18. The molecule has 0 bridgehead atoms. The van der Waals surface area contributed by atoms with Crippen molar-refractivity contribution in [1.82, 2.24) is 24.3 Å². The molecule has 1 amide bonds. The van der Waals surface area contributed by atoms with Crippen LogP contribution in [0.3, 0.4) is 0 Å². The molecule has 1 saturated carbocycles. The van der Waals surface area contributed by atoms with Crippen molar-refractivity contribution in [2.45, 2.75) is 31.7 Å². The lowest BCUT2D eigenvalue weighted by Crippen LogP contribution is -2.30. The van der Waals surface area contributed by atoms with Gasteiger partial charge in [0.05, 0.1) is 11.7 Å². The Bertz CT molecular complexity index is 1050. The van der Waals surface area contributed by atoms with Gasteiger partial charge >= 0.3 is 0 Å². The van der Waals surface area contributed by atoms with Crippen LogP contribution >= 0.6 is 0 Å². The van der Waals surface area contributed by atoms with Gasteiger partial charge in [-0.3, -0.25) is 9.48 Å². The number of nitrogens with zero attached hydrogens (tertiary/aromatic N) is 5. The number of anilines is 1. The summed E-state index contributed by atoms with van der Waals surface area (Å²) in [6, 6.07) is 6.40. The van der Waals surface area contributed by atoms with Crippen molar-refractivity contribution in [2.75, 3.05) is 25.5 Å². The fraction of sp³-hybridized carbons (Fsp3) is 0.476. The fourth-order valence-corrected chi connectivity index (χ4v) is 4.00. The zero-order valence-corrected chi connectivity index (χ0v) is 16.8. The Labute approximate surface area is 169 Å². The van der Waals surface area contributed by atoms with E-state index in [0.717, 1.165) is 41.9 Å². The molecule has 1 N–H and O–H groups in total. The largest absolute Gasteiger partial charge is 0.488 e. The van der Waals surface area contributed by atoms with Crippen LogP contribution in [-0.4, -0.2) is 56.4 Å². The van der Waals surface area contributed by atoms with E-state index in [1.807, 2.05) is 36.1 Å². The van der Waals surface area contributed by atoms with Gasteiger partial charge in [-0.15, -0.1) is 0 Å².